The van der Waals surface area contributed by atoms with E-state index in [-0.39, 0.29) is 58.1 Å². The standard InChI is InChI=1S/C34H27ClFN3O6S2/c1-44-23-12-15(2-11-22(23)45-14-24(40)37-18-7-3-16(35)4-8-18)25-26-20-13-21(29(26)46-31-30(25)47-34(43)38-31)28-27(20)32(41)39(33(28)42)19-9-5-17(36)6-10-19/h2-12,20-21,25-29H,13-14H2,1H3,(H,37,40)(H,38,43)/t20-,21-,25+,26-,27+,28+,29-/m1/s1. The summed E-state index contributed by atoms with van der Waals surface area (Å²) < 4.78 is 25.2. The number of carbonyl (C=O) groups is 3. The smallest absolute Gasteiger partial charge is 0.305 e. The maximum absolute atomic E-state index is 13.9. The van der Waals surface area contributed by atoms with Gasteiger partial charge in [-0.15, -0.1) is 11.8 Å². The van der Waals surface area contributed by atoms with Gasteiger partial charge in [0.25, 0.3) is 5.91 Å². The zero-order chi connectivity index (χ0) is 32.6. The number of amides is 3. The average molecular weight is 692 g/mol. The Morgan fingerprint density at radius 2 is 1.72 bits per heavy atom. The number of aromatic amines is 1. The third-order valence-corrected chi connectivity index (χ3v) is 12.7. The van der Waals surface area contributed by atoms with Gasteiger partial charge in [0.2, 0.25) is 11.8 Å². The number of carbonyl (C=O) groups excluding carboxylic acids is 3. The van der Waals surface area contributed by atoms with Crippen LogP contribution in [0.5, 0.6) is 11.5 Å². The fraction of sp³-hybridized carbons (Fsp3) is 0.294. The lowest BCUT2D eigenvalue weighted by Crippen LogP contribution is -2.42. The molecule has 3 amide bonds. The van der Waals surface area contributed by atoms with Gasteiger partial charge in [0, 0.05) is 26.8 Å². The van der Waals surface area contributed by atoms with Crippen molar-refractivity contribution in [3.05, 3.63) is 97.7 Å². The van der Waals surface area contributed by atoms with Crippen molar-refractivity contribution in [2.24, 2.45) is 29.6 Å². The first-order valence-electron chi connectivity index (χ1n) is 15.1. The van der Waals surface area contributed by atoms with Gasteiger partial charge in [-0.1, -0.05) is 29.0 Å². The molecule has 2 bridgehead atoms. The van der Waals surface area contributed by atoms with Crippen molar-refractivity contribution in [3.63, 3.8) is 0 Å². The normalized spacial score (nSPS) is 27.0. The Labute approximate surface area is 281 Å². The SMILES string of the molecule is COc1cc([C@@H]2c3sc(=O)[nH]c3S[C@@H]3[C@@H]4C[C@@H]([C@@H]5C(=O)N(c6ccc(F)cc6)C(=O)[C@@H]45)[C@H]23)ccc1OCC(=O)Nc1ccc(Cl)cc1. The van der Waals surface area contributed by atoms with Crippen LogP contribution in [-0.2, 0) is 14.4 Å². The Bertz CT molecular complexity index is 1980. The van der Waals surface area contributed by atoms with Crippen LogP contribution in [0.4, 0.5) is 15.8 Å². The van der Waals surface area contributed by atoms with Gasteiger partial charge in [-0.05, 0) is 90.4 Å². The topological polar surface area (TPSA) is 118 Å². The molecule has 3 fully saturated rings. The fourth-order valence-electron chi connectivity index (χ4n) is 8.11. The van der Waals surface area contributed by atoms with E-state index in [1.54, 1.807) is 42.1 Å². The molecule has 8 rings (SSSR count). The predicted octanol–water partition coefficient (Wildman–Crippen LogP) is 5.93. The first-order valence-corrected chi connectivity index (χ1v) is 17.2. The molecule has 9 nitrogen and oxygen atoms in total. The molecule has 13 heteroatoms. The van der Waals surface area contributed by atoms with Crippen LogP contribution in [0.3, 0.4) is 0 Å². The summed E-state index contributed by atoms with van der Waals surface area (Å²) in [5.41, 5.74) is 1.86. The van der Waals surface area contributed by atoms with Crippen molar-refractivity contribution >= 4 is 63.8 Å². The molecule has 4 aromatic rings. The molecule has 7 atom stereocenters. The van der Waals surface area contributed by atoms with Gasteiger partial charge in [-0.25, -0.2) is 4.39 Å². The average Bonchev–Trinajstić information content (AvgIpc) is 3.80. The number of benzene rings is 3. The van der Waals surface area contributed by atoms with E-state index >= 15 is 0 Å². The van der Waals surface area contributed by atoms with E-state index in [4.69, 9.17) is 21.1 Å². The molecule has 2 saturated carbocycles. The zero-order valence-electron chi connectivity index (χ0n) is 24.8. The van der Waals surface area contributed by atoms with Crippen molar-refractivity contribution in [3.8, 4) is 11.5 Å². The summed E-state index contributed by atoms with van der Waals surface area (Å²) in [5.74, 6) is -1.78. The Hall–Kier alpha value is -4.13. The molecule has 0 radical (unpaired) electrons. The zero-order valence-corrected chi connectivity index (χ0v) is 27.2. The van der Waals surface area contributed by atoms with E-state index < -0.39 is 17.7 Å². The van der Waals surface area contributed by atoms with Gasteiger partial charge in [0.1, 0.15) is 5.82 Å². The van der Waals surface area contributed by atoms with Crippen molar-refractivity contribution in [2.45, 2.75) is 22.6 Å². The van der Waals surface area contributed by atoms with Crippen LogP contribution in [0.1, 0.15) is 22.8 Å². The summed E-state index contributed by atoms with van der Waals surface area (Å²) in [6, 6.07) is 17.7. The van der Waals surface area contributed by atoms with Crippen molar-refractivity contribution in [2.75, 3.05) is 23.9 Å². The number of H-pyrrole nitrogens is 1. The summed E-state index contributed by atoms with van der Waals surface area (Å²) in [5, 5.41) is 4.13. The van der Waals surface area contributed by atoms with Gasteiger partial charge in [-0.2, -0.15) is 0 Å². The lowest BCUT2D eigenvalue weighted by atomic mass is 9.68. The summed E-state index contributed by atoms with van der Waals surface area (Å²) in [6.45, 7) is -0.250. The second-order valence-electron chi connectivity index (χ2n) is 12.2. The highest BCUT2D eigenvalue weighted by Crippen LogP contribution is 2.68. The molecular formula is C34H27ClFN3O6S2. The summed E-state index contributed by atoms with van der Waals surface area (Å²) in [4.78, 5) is 57.9. The maximum atomic E-state index is 13.9. The summed E-state index contributed by atoms with van der Waals surface area (Å²) >= 11 is 8.70. The van der Waals surface area contributed by atoms with Gasteiger partial charge in [0.15, 0.2) is 18.1 Å². The van der Waals surface area contributed by atoms with Gasteiger partial charge in [0.05, 0.1) is 29.7 Å². The van der Waals surface area contributed by atoms with E-state index in [0.29, 0.717) is 27.9 Å². The van der Waals surface area contributed by atoms with E-state index in [1.165, 1.54) is 47.6 Å². The highest BCUT2D eigenvalue weighted by molar-refractivity contribution is 8.00. The quantitative estimate of drug-likeness (QED) is 0.231. The van der Waals surface area contributed by atoms with Gasteiger partial charge < -0.3 is 19.8 Å². The van der Waals surface area contributed by atoms with E-state index in [1.807, 2.05) is 12.1 Å². The van der Waals surface area contributed by atoms with Crippen LogP contribution >= 0.6 is 34.7 Å². The molecule has 240 valence electrons. The second-order valence-corrected chi connectivity index (χ2v) is 14.8. The highest BCUT2D eigenvalue weighted by atomic mass is 35.5. The number of thioether (sulfide) groups is 1. The highest BCUT2D eigenvalue weighted by Gasteiger charge is 2.69. The van der Waals surface area contributed by atoms with E-state index in [2.05, 4.69) is 10.3 Å². The number of hydrogen-bond acceptors (Lipinski definition) is 8. The minimum Gasteiger partial charge on any atom is -0.493 e. The molecule has 2 aliphatic heterocycles. The van der Waals surface area contributed by atoms with Crippen molar-refractivity contribution in [1.29, 1.82) is 0 Å². The summed E-state index contributed by atoms with van der Waals surface area (Å²) in [7, 11) is 1.52. The minimum absolute atomic E-state index is 0.00685. The maximum Gasteiger partial charge on any atom is 0.305 e. The number of rotatable bonds is 7. The molecule has 0 unspecified atom stereocenters. The first kappa shape index (κ1) is 30.2. The number of halogens is 2. The number of fused-ring (bicyclic) bond motifs is 9. The Balaban J connectivity index is 1.09. The second kappa shape index (κ2) is 11.5. The Morgan fingerprint density at radius 3 is 2.45 bits per heavy atom. The minimum atomic E-state index is -0.484. The van der Waals surface area contributed by atoms with Gasteiger partial charge in [-0.3, -0.25) is 24.1 Å². The number of hydrogen-bond donors (Lipinski definition) is 2. The van der Waals surface area contributed by atoms with E-state index in [0.717, 1.165) is 21.9 Å². The number of anilines is 2. The van der Waals surface area contributed by atoms with Crippen LogP contribution in [0, 0.1) is 35.4 Å². The fourth-order valence-corrected chi connectivity index (χ4v) is 11.1. The monoisotopic (exact) mass is 691 g/mol. The predicted molar refractivity (Wildman–Crippen MR) is 176 cm³/mol. The molecular weight excluding hydrogens is 665 g/mol. The third kappa shape index (κ3) is 4.96. The van der Waals surface area contributed by atoms with Gasteiger partial charge >= 0.3 is 4.87 Å². The lowest BCUT2D eigenvalue weighted by Gasteiger charge is -2.43. The number of nitrogens with one attached hydrogen (secondary N) is 2. The number of nitrogens with zero attached hydrogens (tertiary/aromatic N) is 1. The van der Waals surface area contributed by atoms with E-state index in [9.17, 15) is 23.6 Å². The molecule has 2 N–H and O–H groups in total. The number of imide groups is 1. The lowest BCUT2D eigenvalue weighted by molar-refractivity contribution is -0.123. The van der Waals surface area contributed by atoms with Crippen LogP contribution in [0.15, 0.2) is 76.6 Å². The van der Waals surface area contributed by atoms with Crippen LogP contribution in [-0.4, -0.2) is 41.7 Å². The first-order chi connectivity index (χ1) is 22.7. The Kier molecular flexibility index (Phi) is 7.42. The molecule has 1 saturated heterocycles. The third-order valence-electron chi connectivity index (χ3n) is 9.84. The molecule has 2 aliphatic carbocycles. The number of methoxy groups -OCH3 is 1. The molecule has 3 aromatic carbocycles. The van der Waals surface area contributed by atoms with Crippen LogP contribution < -0.4 is 24.6 Å². The number of thiazole rings is 1. The molecule has 1 aromatic heterocycles. The molecule has 4 aliphatic rings. The van der Waals surface area contributed by atoms with Crippen molar-refractivity contribution < 1.29 is 28.2 Å². The number of ether oxygens (including phenoxy) is 2. The summed E-state index contributed by atoms with van der Waals surface area (Å²) in [6.07, 6.45) is 0.739. The molecule has 3 heterocycles. The largest absolute Gasteiger partial charge is 0.493 e. The molecule has 47 heavy (non-hydrogen) atoms. The van der Waals surface area contributed by atoms with Crippen LogP contribution in [0.25, 0.3) is 0 Å². The van der Waals surface area contributed by atoms with Crippen molar-refractivity contribution in [1.82, 2.24) is 4.98 Å². The Morgan fingerprint density at radius 1 is 1.00 bits per heavy atom. The van der Waals surface area contributed by atoms with Crippen LogP contribution in [0.2, 0.25) is 5.02 Å². The molecule has 0 spiro atoms. The number of aromatic nitrogens is 1.